The molecule has 0 unspecified atom stereocenters. The van der Waals surface area contributed by atoms with Crippen LogP contribution in [0.15, 0.2) is 51.6 Å². The van der Waals surface area contributed by atoms with Crippen molar-refractivity contribution in [1.29, 1.82) is 0 Å². The van der Waals surface area contributed by atoms with Crippen LogP contribution in [0.2, 0.25) is 0 Å². The molecule has 0 radical (unpaired) electrons. The second-order valence-electron chi connectivity index (χ2n) is 8.91. The van der Waals surface area contributed by atoms with Gasteiger partial charge in [0, 0.05) is 20.1 Å². The van der Waals surface area contributed by atoms with Crippen molar-refractivity contribution < 1.29 is 9.53 Å². The first-order valence-corrected chi connectivity index (χ1v) is 12.3. The van der Waals surface area contributed by atoms with Crippen molar-refractivity contribution in [3.63, 3.8) is 0 Å². The normalized spacial score (nSPS) is 11.9. The third-order valence-corrected chi connectivity index (χ3v) is 7.11. The molecule has 182 valence electrons. The van der Waals surface area contributed by atoms with Crippen molar-refractivity contribution in [1.82, 2.24) is 14.5 Å². The SMILES string of the molecule is COc1ccc(CNC(=O)c2cc3c(=O)n(CC[C@H](C)CCC=C(C)C)c(=O)n(C)c3s2)cc1. The number of allylic oxidation sites excluding steroid dienone is 2. The quantitative estimate of drug-likeness (QED) is 0.431. The van der Waals surface area contributed by atoms with Gasteiger partial charge in [-0.3, -0.25) is 18.7 Å². The minimum atomic E-state index is -0.346. The lowest BCUT2D eigenvalue weighted by atomic mass is 10.0. The maximum absolute atomic E-state index is 13.1. The van der Waals surface area contributed by atoms with Gasteiger partial charge in [-0.25, -0.2) is 4.79 Å². The molecule has 0 saturated heterocycles. The number of fused-ring (bicyclic) bond motifs is 1. The average Bonchev–Trinajstić information content (AvgIpc) is 3.27. The fourth-order valence-corrected chi connectivity index (χ4v) is 4.78. The van der Waals surface area contributed by atoms with Crippen LogP contribution in [-0.4, -0.2) is 22.2 Å². The number of aryl methyl sites for hydroxylation is 1. The van der Waals surface area contributed by atoms with E-state index in [1.165, 1.54) is 14.7 Å². The topological polar surface area (TPSA) is 82.3 Å². The third-order valence-electron chi connectivity index (χ3n) is 5.90. The molecule has 2 heterocycles. The van der Waals surface area contributed by atoms with Gasteiger partial charge in [0.1, 0.15) is 10.6 Å². The van der Waals surface area contributed by atoms with Crippen molar-refractivity contribution in [2.75, 3.05) is 7.11 Å². The van der Waals surface area contributed by atoms with Crippen LogP contribution in [0.5, 0.6) is 5.75 Å². The van der Waals surface area contributed by atoms with Gasteiger partial charge < -0.3 is 10.1 Å². The highest BCUT2D eigenvalue weighted by Crippen LogP contribution is 2.22. The average molecular weight is 484 g/mol. The summed E-state index contributed by atoms with van der Waals surface area (Å²) in [6.45, 7) is 7.02. The molecule has 0 aliphatic carbocycles. The van der Waals surface area contributed by atoms with Crippen molar-refractivity contribution in [2.24, 2.45) is 13.0 Å². The number of ether oxygens (including phenoxy) is 1. The van der Waals surface area contributed by atoms with Crippen molar-refractivity contribution in [2.45, 2.75) is 53.1 Å². The Morgan fingerprint density at radius 1 is 1.18 bits per heavy atom. The Hall–Kier alpha value is -3.13. The smallest absolute Gasteiger partial charge is 0.331 e. The number of amides is 1. The first kappa shape index (κ1) is 25.5. The largest absolute Gasteiger partial charge is 0.497 e. The minimum absolute atomic E-state index is 0.275. The molecule has 8 heteroatoms. The summed E-state index contributed by atoms with van der Waals surface area (Å²) in [7, 11) is 3.25. The van der Waals surface area contributed by atoms with E-state index in [0.717, 1.165) is 41.9 Å². The molecule has 3 aromatic rings. The second-order valence-corrected chi connectivity index (χ2v) is 9.94. The third kappa shape index (κ3) is 6.05. The lowest BCUT2D eigenvalue weighted by Crippen LogP contribution is -2.38. The number of carbonyl (C=O) groups is 1. The zero-order valence-electron chi connectivity index (χ0n) is 20.5. The molecule has 0 fully saturated rings. The highest BCUT2D eigenvalue weighted by atomic mass is 32.1. The Morgan fingerprint density at radius 3 is 2.53 bits per heavy atom. The molecule has 34 heavy (non-hydrogen) atoms. The van der Waals surface area contributed by atoms with E-state index in [4.69, 9.17) is 4.74 Å². The van der Waals surface area contributed by atoms with Gasteiger partial charge >= 0.3 is 5.69 Å². The standard InChI is InChI=1S/C26H33N3O4S/c1-17(2)7-6-8-18(3)13-14-29-24(31)21-15-22(34-25(21)28(4)26(29)32)23(30)27-16-19-9-11-20(33-5)12-10-19/h7,9-12,15,18H,6,8,13-14,16H2,1-5H3,(H,27,30)/t18-/m1/s1. The van der Waals surface area contributed by atoms with E-state index in [9.17, 15) is 14.4 Å². The summed E-state index contributed by atoms with van der Waals surface area (Å²) in [4.78, 5) is 39.6. The minimum Gasteiger partial charge on any atom is -0.497 e. The number of nitrogens with zero attached hydrogens (tertiary/aromatic N) is 2. The molecule has 0 aliphatic heterocycles. The Labute approximate surface area is 203 Å². The summed E-state index contributed by atoms with van der Waals surface area (Å²) in [5, 5.41) is 3.28. The molecule has 0 saturated carbocycles. The van der Waals surface area contributed by atoms with Gasteiger partial charge in [-0.15, -0.1) is 11.3 Å². The highest BCUT2D eigenvalue weighted by Gasteiger charge is 2.18. The molecular formula is C26H33N3O4S. The molecule has 0 spiro atoms. The molecule has 0 bridgehead atoms. The van der Waals surface area contributed by atoms with Crippen LogP contribution in [0, 0.1) is 5.92 Å². The molecule has 1 aromatic carbocycles. The lowest BCUT2D eigenvalue weighted by molar-refractivity contribution is 0.0955. The number of thiophene rings is 1. The Bertz CT molecular complexity index is 1290. The van der Waals surface area contributed by atoms with E-state index >= 15 is 0 Å². The van der Waals surface area contributed by atoms with Crippen molar-refractivity contribution in [3.8, 4) is 5.75 Å². The zero-order chi connectivity index (χ0) is 24.8. The van der Waals surface area contributed by atoms with Crippen LogP contribution >= 0.6 is 11.3 Å². The Morgan fingerprint density at radius 2 is 1.88 bits per heavy atom. The van der Waals surface area contributed by atoms with Gasteiger partial charge in [0.25, 0.3) is 11.5 Å². The van der Waals surface area contributed by atoms with Crippen molar-refractivity contribution >= 4 is 27.5 Å². The summed E-state index contributed by atoms with van der Waals surface area (Å²) < 4.78 is 7.91. The number of rotatable bonds is 10. The lowest BCUT2D eigenvalue weighted by Gasteiger charge is -2.12. The van der Waals surface area contributed by atoms with Crippen molar-refractivity contribution in [3.05, 3.63) is 73.3 Å². The van der Waals surface area contributed by atoms with E-state index < -0.39 is 0 Å². The van der Waals surface area contributed by atoms with Gasteiger partial charge in [-0.1, -0.05) is 30.7 Å². The molecule has 1 N–H and O–H groups in total. The van der Waals surface area contributed by atoms with Gasteiger partial charge in [0.05, 0.1) is 17.4 Å². The van der Waals surface area contributed by atoms with Gasteiger partial charge in [-0.2, -0.15) is 0 Å². The zero-order valence-corrected chi connectivity index (χ0v) is 21.3. The van der Waals surface area contributed by atoms with Crippen LogP contribution in [0.3, 0.4) is 0 Å². The van der Waals surface area contributed by atoms with Crippen LogP contribution in [-0.2, 0) is 20.1 Å². The Balaban J connectivity index is 1.75. The van der Waals surface area contributed by atoms with E-state index in [1.807, 2.05) is 24.3 Å². The predicted molar refractivity (Wildman–Crippen MR) is 138 cm³/mol. The summed E-state index contributed by atoms with van der Waals surface area (Å²) >= 11 is 1.16. The number of nitrogens with one attached hydrogen (secondary N) is 1. The number of hydrogen-bond acceptors (Lipinski definition) is 5. The maximum atomic E-state index is 13.1. The molecular weight excluding hydrogens is 450 g/mol. The summed E-state index contributed by atoms with van der Waals surface area (Å²) in [6.07, 6.45) is 4.96. The number of methoxy groups -OCH3 is 1. The fourth-order valence-electron chi connectivity index (χ4n) is 3.76. The summed E-state index contributed by atoms with van der Waals surface area (Å²) in [5.41, 5.74) is 1.55. The van der Waals surface area contributed by atoms with E-state index in [-0.39, 0.29) is 17.2 Å². The van der Waals surface area contributed by atoms with E-state index in [1.54, 1.807) is 20.2 Å². The van der Waals surface area contributed by atoms with E-state index in [2.05, 4.69) is 32.2 Å². The van der Waals surface area contributed by atoms with Gasteiger partial charge in [0.15, 0.2) is 0 Å². The monoisotopic (exact) mass is 483 g/mol. The van der Waals surface area contributed by atoms with Gasteiger partial charge in [0.2, 0.25) is 0 Å². The molecule has 7 nitrogen and oxygen atoms in total. The Kier molecular flexibility index (Phi) is 8.50. The molecule has 1 amide bonds. The molecule has 2 aromatic heterocycles. The van der Waals surface area contributed by atoms with E-state index in [0.29, 0.717) is 34.1 Å². The summed E-state index contributed by atoms with van der Waals surface area (Å²) in [5.74, 6) is 0.868. The number of aromatic nitrogens is 2. The number of benzene rings is 1. The first-order chi connectivity index (χ1) is 16.2. The van der Waals surface area contributed by atoms with Crippen LogP contribution < -0.4 is 21.3 Å². The second kappa shape index (κ2) is 11.3. The molecule has 3 rings (SSSR count). The predicted octanol–water partition coefficient (Wildman–Crippen LogP) is 4.47. The number of hydrogen-bond donors (Lipinski definition) is 1. The van der Waals surface area contributed by atoms with Crippen LogP contribution in [0.4, 0.5) is 0 Å². The fraction of sp³-hybridized carbons (Fsp3) is 0.423. The maximum Gasteiger partial charge on any atom is 0.331 e. The summed E-state index contributed by atoms with van der Waals surface area (Å²) in [6, 6.07) is 9.03. The van der Waals surface area contributed by atoms with Crippen LogP contribution in [0.25, 0.3) is 10.2 Å². The first-order valence-electron chi connectivity index (χ1n) is 11.5. The number of carbonyl (C=O) groups excluding carboxylic acids is 1. The molecule has 0 aliphatic rings. The van der Waals surface area contributed by atoms with Gasteiger partial charge in [-0.05, 0) is 62.8 Å². The highest BCUT2D eigenvalue weighted by molar-refractivity contribution is 7.20. The van der Waals surface area contributed by atoms with Crippen LogP contribution in [0.1, 0.15) is 55.3 Å². The molecule has 1 atom stereocenters.